The van der Waals surface area contributed by atoms with Crippen LogP contribution in [0.2, 0.25) is 0 Å². The zero-order valence-electron chi connectivity index (χ0n) is 12.0. The van der Waals surface area contributed by atoms with E-state index in [0.717, 1.165) is 6.54 Å². The first kappa shape index (κ1) is 12.6. The van der Waals surface area contributed by atoms with Crippen LogP contribution >= 0.6 is 0 Å². The topological polar surface area (TPSA) is 12.0 Å². The van der Waals surface area contributed by atoms with Gasteiger partial charge in [-0.05, 0) is 34.4 Å². The molecule has 0 saturated carbocycles. The van der Waals surface area contributed by atoms with Gasteiger partial charge in [-0.15, -0.1) is 0 Å². The molecule has 94 valence electrons. The van der Waals surface area contributed by atoms with Crippen molar-refractivity contribution in [3.63, 3.8) is 0 Å². The largest absolute Gasteiger partial charge is 0.309 e. The van der Waals surface area contributed by atoms with E-state index < -0.39 is 0 Å². The fourth-order valence-electron chi connectivity index (χ4n) is 2.56. The molecular weight excluding hydrogens is 206 g/mol. The average molecular weight is 231 g/mol. The van der Waals surface area contributed by atoms with Crippen molar-refractivity contribution in [3.05, 3.63) is 34.9 Å². The van der Waals surface area contributed by atoms with E-state index in [1.165, 1.54) is 16.7 Å². The standard InChI is InChI=1S/C16H25N/c1-11-7-8-12(15(2,3)4)9-13(11)14-16(5,6)10-17-14/h7-9,14,17H,10H2,1-6H3. The van der Waals surface area contributed by atoms with E-state index in [4.69, 9.17) is 0 Å². The highest BCUT2D eigenvalue weighted by atomic mass is 15.0. The fourth-order valence-corrected chi connectivity index (χ4v) is 2.56. The van der Waals surface area contributed by atoms with Crippen LogP contribution in [0.5, 0.6) is 0 Å². The maximum Gasteiger partial charge on any atom is 0.0387 e. The van der Waals surface area contributed by atoms with Gasteiger partial charge in [0, 0.05) is 12.6 Å². The molecule has 1 atom stereocenters. The molecule has 1 saturated heterocycles. The van der Waals surface area contributed by atoms with Crippen molar-refractivity contribution >= 4 is 0 Å². The van der Waals surface area contributed by atoms with Crippen molar-refractivity contribution in [2.24, 2.45) is 5.41 Å². The highest BCUT2D eigenvalue weighted by Crippen LogP contribution is 2.42. The number of aryl methyl sites for hydroxylation is 1. The summed E-state index contributed by atoms with van der Waals surface area (Å²) in [7, 11) is 0. The molecule has 1 aliphatic heterocycles. The summed E-state index contributed by atoms with van der Waals surface area (Å²) in [6, 6.07) is 7.45. The SMILES string of the molecule is Cc1ccc(C(C)(C)C)cc1C1NCC1(C)C. The summed E-state index contributed by atoms with van der Waals surface area (Å²) in [6.45, 7) is 14.9. The van der Waals surface area contributed by atoms with E-state index in [0.29, 0.717) is 11.5 Å². The van der Waals surface area contributed by atoms with Gasteiger partial charge in [0.25, 0.3) is 0 Å². The first-order chi connectivity index (χ1) is 7.72. The Labute approximate surface area is 106 Å². The smallest absolute Gasteiger partial charge is 0.0387 e. The van der Waals surface area contributed by atoms with E-state index in [1.54, 1.807) is 0 Å². The van der Waals surface area contributed by atoms with Crippen LogP contribution in [-0.4, -0.2) is 6.54 Å². The van der Waals surface area contributed by atoms with Gasteiger partial charge in [0.05, 0.1) is 0 Å². The monoisotopic (exact) mass is 231 g/mol. The van der Waals surface area contributed by atoms with E-state index in [1.807, 2.05) is 0 Å². The van der Waals surface area contributed by atoms with Crippen LogP contribution in [0.4, 0.5) is 0 Å². The average Bonchev–Trinajstić information content (AvgIpc) is 2.18. The normalized spacial score (nSPS) is 23.3. The Hall–Kier alpha value is -0.820. The van der Waals surface area contributed by atoms with Gasteiger partial charge in [-0.3, -0.25) is 0 Å². The quantitative estimate of drug-likeness (QED) is 0.771. The van der Waals surface area contributed by atoms with Crippen LogP contribution in [-0.2, 0) is 5.41 Å². The maximum absolute atomic E-state index is 3.57. The molecule has 1 aliphatic rings. The van der Waals surface area contributed by atoms with E-state index in [9.17, 15) is 0 Å². The third kappa shape index (κ3) is 2.26. The second-order valence-corrected chi connectivity index (χ2v) is 7.12. The molecular formula is C16H25N. The minimum atomic E-state index is 0.232. The number of benzene rings is 1. The van der Waals surface area contributed by atoms with Crippen molar-refractivity contribution in [2.75, 3.05) is 6.54 Å². The molecule has 2 rings (SSSR count). The van der Waals surface area contributed by atoms with Crippen molar-refractivity contribution in [2.45, 2.75) is 53.0 Å². The van der Waals surface area contributed by atoms with Crippen LogP contribution in [0.3, 0.4) is 0 Å². The fraction of sp³-hybridized carbons (Fsp3) is 0.625. The van der Waals surface area contributed by atoms with Crippen molar-refractivity contribution in [1.29, 1.82) is 0 Å². The molecule has 1 unspecified atom stereocenters. The Bertz CT molecular complexity index is 424. The molecule has 1 heteroatoms. The van der Waals surface area contributed by atoms with Gasteiger partial charge in [-0.2, -0.15) is 0 Å². The molecule has 1 fully saturated rings. The van der Waals surface area contributed by atoms with Crippen LogP contribution in [0.15, 0.2) is 18.2 Å². The zero-order valence-corrected chi connectivity index (χ0v) is 12.0. The first-order valence-electron chi connectivity index (χ1n) is 6.56. The van der Waals surface area contributed by atoms with Crippen LogP contribution < -0.4 is 5.32 Å². The van der Waals surface area contributed by atoms with Crippen LogP contribution in [0.25, 0.3) is 0 Å². The van der Waals surface area contributed by atoms with Gasteiger partial charge in [-0.25, -0.2) is 0 Å². The molecule has 0 aliphatic carbocycles. The van der Waals surface area contributed by atoms with Crippen molar-refractivity contribution < 1.29 is 0 Å². The molecule has 0 spiro atoms. The number of hydrogen-bond acceptors (Lipinski definition) is 1. The summed E-state index contributed by atoms with van der Waals surface area (Å²) in [5.74, 6) is 0. The number of hydrogen-bond donors (Lipinski definition) is 1. The van der Waals surface area contributed by atoms with Crippen LogP contribution in [0.1, 0.15) is 57.4 Å². The van der Waals surface area contributed by atoms with Gasteiger partial charge >= 0.3 is 0 Å². The van der Waals surface area contributed by atoms with E-state index >= 15 is 0 Å². The second kappa shape index (κ2) is 3.84. The molecule has 1 heterocycles. The zero-order chi connectivity index (χ0) is 12.8. The predicted molar refractivity (Wildman–Crippen MR) is 74.4 cm³/mol. The maximum atomic E-state index is 3.57. The molecule has 0 amide bonds. The molecule has 0 aromatic heterocycles. The lowest BCUT2D eigenvalue weighted by molar-refractivity contribution is 0.127. The van der Waals surface area contributed by atoms with Gasteiger partial charge in [0.15, 0.2) is 0 Å². The summed E-state index contributed by atoms with van der Waals surface area (Å²) in [5, 5.41) is 3.57. The molecule has 1 N–H and O–H groups in total. The van der Waals surface area contributed by atoms with Gasteiger partial charge in [0.1, 0.15) is 0 Å². The lowest BCUT2D eigenvalue weighted by atomic mass is 9.72. The molecule has 1 aromatic rings. The predicted octanol–water partition coefficient (Wildman–Crippen LogP) is 3.96. The summed E-state index contributed by atoms with van der Waals surface area (Å²) in [5.41, 5.74) is 4.94. The molecule has 0 radical (unpaired) electrons. The highest BCUT2D eigenvalue weighted by molar-refractivity contribution is 5.38. The second-order valence-electron chi connectivity index (χ2n) is 7.12. The Morgan fingerprint density at radius 3 is 2.29 bits per heavy atom. The van der Waals surface area contributed by atoms with Crippen molar-refractivity contribution in [3.8, 4) is 0 Å². The lowest BCUT2D eigenvalue weighted by Crippen LogP contribution is -2.52. The third-order valence-corrected chi connectivity index (χ3v) is 4.00. The van der Waals surface area contributed by atoms with Crippen LogP contribution in [0, 0.1) is 12.3 Å². The Morgan fingerprint density at radius 2 is 1.88 bits per heavy atom. The summed E-state index contributed by atoms with van der Waals surface area (Å²) >= 11 is 0. The van der Waals surface area contributed by atoms with E-state index in [2.05, 4.69) is 65.1 Å². The van der Waals surface area contributed by atoms with Gasteiger partial charge in [-0.1, -0.05) is 52.8 Å². The lowest BCUT2D eigenvalue weighted by Gasteiger charge is -2.47. The summed E-state index contributed by atoms with van der Waals surface area (Å²) in [6.07, 6.45) is 0. The Kier molecular flexibility index (Phi) is 2.86. The number of nitrogens with one attached hydrogen (secondary N) is 1. The van der Waals surface area contributed by atoms with Gasteiger partial charge in [0.2, 0.25) is 0 Å². The molecule has 1 nitrogen and oxygen atoms in total. The number of rotatable bonds is 1. The Balaban J connectivity index is 2.40. The molecule has 17 heavy (non-hydrogen) atoms. The minimum absolute atomic E-state index is 0.232. The summed E-state index contributed by atoms with van der Waals surface area (Å²) < 4.78 is 0. The summed E-state index contributed by atoms with van der Waals surface area (Å²) in [4.78, 5) is 0. The highest BCUT2D eigenvalue weighted by Gasteiger charge is 2.39. The van der Waals surface area contributed by atoms with E-state index in [-0.39, 0.29) is 5.41 Å². The Morgan fingerprint density at radius 1 is 1.24 bits per heavy atom. The molecule has 1 aromatic carbocycles. The van der Waals surface area contributed by atoms with Gasteiger partial charge < -0.3 is 5.32 Å². The van der Waals surface area contributed by atoms with Crippen molar-refractivity contribution in [1.82, 2.24) is 5.32 Å². The third-order valence-electron chi connectivity index (χ3n) is 4.00. The first-order valence-corrected chi connectivity index (χ1v) is 6.56. The minimum Gasteiger partial charge on any atom is -0.309 e. The molecule has 0 bridgehead atoms.